The largest absolute Gasteiger partial charge is 0.480 e. The van der Waals surface area contributed by atoms with E-state index in [0.29, 0.717) is 23.4 Å². The van der Waals surface area contributed by atoms with E-state index in [0.717, 1.165) is 12.4 Å². The van der Waals surface area contributed by atoms with Crippen LogP contribution in [0, 0.1) is 0 Å². The molecule has 126 valence electrons. The molecule has 1 N–H and O–H groups in total. The number of carboxylic acid groups (broad SMARTS) is 1. The van der Waals surface area contributed by atoms with E-state index in [1.165, 1.54) is 0 Å². The van der Waals surface area contributed by atoms with Gasteiger partial charge in [-0.15, -0.1) is 10.2 Å². The van der Waals surface area contributed by atoms with Crippen molar-refractivity contribution in [2.45, 2.75) is 26.6 Å². The van der Waals surface area contributed by atoms with Gasteiger partial charge in [0.1, 0.15) is 18.4 Å². The van der Waals surface area contributed by atoms with E-state index in [4.69, 9.17) is 16.7 Å². The minimum absolute atomic E-state index is 0.106. The van der Waals surface area contributed by atoms with E-state index in [1.54, 1.807) is 23.2 Å². The van der Waals surface area contributed by atoms with Gasteiger partial charge in [-0.1, -0.05) is 0 Å². The van der Waals surface area contributed by atoms with Crippen molar-refractivity contribution in [2.75, 3.05) is 11.9 Å². The molecule has 3 heterocycles. The number of halogens is 1. The van der Waals surface area contributed by atoms with Crippen LogP contribution in [0.1, 0.15) is 12.7 Å². The normalized spacial score (nSPS) is 11.1. The number of fused-ring (bicyclic) bond motifs is 1. The molecule has 0 atom stereocenters. The number of hydrogen-bond acceptors (Lipinski definition) is 6. The predicted octanol–water partition coefficient (Wildman–Crippen LogP) is 1.42. The Bertz CT molecular complexity index is 889. The molecule has 3 aromatic rings. The van der Waals surface area contributed by atoms with Crippen molar-refractivity contribution in [1.29, 1.82) is 0 Å². The number of aliphatic carboxylic acids is 1. The molecular weight excluding hydrogens is 334 g/mol. The molecule has 0 radical (unpaired) electrons. The molecular formula is C14H16ClN7O2. The van der Waals surface area contributed by atoms with Crippen molar-refractivity contribution in [3.8, 4) is 0 Å². The van der Waals surface area contributed by atoms with Crippen molar-refractivity contribution < 1.29 is 9.90 Å². The van der Waals surface area contributed by atoms with Gasteiger partial charge < -0.3 is 19.1 Å². The highest BCUT2D eigenvalue weighted by molar-refractivity contribution is 6.28. The second-order valence-electron chi connectivity index (χ2n) is 5.28. The van der Waals surface area contributed by atoms with Gasteiger partial charge in [-0.05, 0) is 24.6 Å². The van der Waals surface area contributed by atoms with E-state index in [2.05, 4.69) is 20.2 Å². The lowest BCUT2D eigenvalue weighted by molar-refractivity contribution is -0.137. The van der Waals surface area contributed by atoms with Gasteiger partial charge in [0.2, 0.25) is 5.28 Å². The highest BCUT2D eigenvalue weighted by atomic mass is 35.5. The summed E-state index contributed by atoms with van der Waals surface area (Å²) in [5.41, 5.74) is 1.21. The van der Waals surface area contributed by atoms with Crippen molar-refractivity contribution in [3.05, 3.63) is 29.7 Å². The number of anilines is 1. The van der Waals surface area contributed by atoms with Gasteiger partial charge in [-0.3, -0.25) is 4.79 Å². The molecule has 0 saturated carbocycles. The number of carbonyl (C=O) groups is 1. The van der Waals surface area contributed by atoms with Crippen molar-refractivity contribution >= 4 is 34.4 Å². The van der Waals surface area contributed by atoms with Crippen LogP contribution < -0.4 is 4.90 Å². The maximum absolute atomic E-state index is 11.1. The molecule has 3 rings (SSSR count). The zero-order valence-electron chi connectivity index (χ0n) is 13.2. The third-order valence-corrected chi connectivity index (χ3v) is 3.82. The predicted molar refractivity (Wildman–Crippen MR) is 88.0 cm³/mol. The highest BCUT2D eigenvalue weighted by Gasteiger charge is 2.18. The van der Waals surface area contributed by atoms with Gasteiger partial charge >= 0.3 is 5.97 Å². The first-order valence-corrected chi connectivity index (χ1v) is 7.69. The highest BCUT2D eigenvalue weighted by Crippen LogP contribution is 2.26. The first kappa shape index (κ1) is 16.2. The van der Waals surface area contributed by atoms with Crippen LogP contribution in [0.25, 0.3) is 11.0 Å². The lowest BCUT2D eigenvalue weighted by Gasteiger charge is -2.19. The Morgan fingerprint density at radius 2 is 2.17 bits per heavy atom. The van der Waals surface area contributed by atoms with Crippen LogP contribution in [0.3, 0.4) is 0 Å². The summed E-state index contributed by atoms with van der Waals surface area (Å²) in [5.74, 6) is 0.378. The molecule has 10 heteroatoms. The third kappa shape index (κ3) is 3.02. The Balaban J connectivity index is 2.03. The lowest BCUT2D eigenvalue weighted by atomic mass is 10.3. The van der Waals surface area contributed by atoms with Gasteiger partial charge in [-0.25, -0.2) is 4.98 Å². The van der Waals surface area contributed by atoms with Crippen LogP contribution in [0.2, 0.25) is 5.28 Å². The molecule has 0 aromatic carbocycles. The summed E-state index contributed by atoms with van der Waals surface area (Å²) in [5, 5.41) is 17.2. The summed E-state index contributed by atoms with van der Waals surface area (Å²) < 4.78 is 3.51. The first-order valence-electron chi connectivity index (χ1n) is 7.31. The fourth-order valence-electron chi connectivity index (χ4n) is 2.56. The van der Waals surface area contributed by atoms with Crippen molar-refractivity contribution in [1.82, 2.24) is 29.3 Å². The summed E-state index contributed by atoms with van der Waals surface area (Å²) in [6, 6.07) is 1.72. The molecule has 0 saturated heterocycles. The second kappa shape index (κ2) is 6.44. The monoisotopic (exact) mass is 349 g/mol. The third-order valence-electron chi connectivity index (χ3n) is 3.65. The quantitative estimate of drug-likeness (QED) is 0.671. The summed E-state index contributed by atoms with van der Waals surface area (Å²) in [6.45, 7) is 3.03. The molecule has 9 nitrogen and oxygen atoms in total. The minimum Gasteiger partial charge on any atom is -0.480 e. The Labute approximate surface area is 142 Å². The summed E-state index contributed by atoms with van der Waals surface area (Å²) in [7, 11) is 1.84. The zero-order chi connectivity index (χ0) is 17.3. The van der Waals surface area contributed by atoms with Crippen molar-refractivity contribution in [3.63, 3.8) is 0 Å². The fraction of sp³-hybridized carbons (Fsp3) is 0.357. The lowest BCUT2D eigenvalue weighted by Crippen LogP contribution is -2.22. The SMILES string of the molecule is CCn1cnnc1CN(C)c1nc(Cl)nc2ccn(CC(=O)O)c12. The molecule has 0 amide bonds. The standard InChI is InChI=1S/C14H16ClN7O2/c1-3-21-8-16-19-10(21)6-20(2)13-12-9(17-14(15)18-13)4-5-22(12)7-11(23)24/h4-5,8H,3,6-7H2,1-2H3,(H,23,24). The average molecular weight is 350 g/mol. The van der Waals surface area contributed by atoms with E-state index < -0.39 is 5.97 Å². The van der Waals surface area contributed by atoms with Crippen LogP contribution in [0.4, 0.5) is 5.82 Å². The van der Waals surface area contributed by atoms with E-state index >= 15 is 0 Å². The van der Waals surface area contributed by atoms with Gasteiger partial charge in [0, 0.05) is 19.8 Å². The molecule has 0 aliphatic heterocycles. The average Bonchev–Trinajstić information content (AvgIpc) is 3.12. The second-order valence-corrected chi connectivity index (χ2v) is 5.61. The number of rotatable bonds is 6. The van der Waals surface area contributed by atoms with Crippen LogP contribution in [0.5, 0.6) is 0 Å². The van der Waals surface area contributed by atoms with Crippen LogP contribution in [-0.2, 0) is 24.4 Å². The molecule has 3 aromatic heterocycles. The molecule has 0 aliphatic carbocycles. The van der Waals surface area contributed by atoms with Crippen LogP contribution >= 0.6 is 11.6 Å². The molecule has 0 unspecified atom stereocenters. The Morgan fingerprint density at radius 3 is 2.88 bits per heavy atom. The van der Waals surface area contributed by atoms with E-state index in [1.807, 2.05) is 23.4 Å². The van der Waals surface area contributed by atoms with Gasteiger partial charge in [0.15, 0.2) is 11.6 Å². The summed E-state index contributed by atoms with van der Waals surface area (Å²) in [6.07, 6.45) is 3.33. The Hall–Kier alpha value is -2.68. The molecule has 24 heavy (non-hydrogen) atoms. The van der Waals surface area contributed by atoms with Gasteiger partial charge in [-0.2, -0.15) is 4.98 Å². The zero-order valence-corrected chi connectivity index (χ0v) is 14.0. The maximum Gasteiger partial charge on any atom is 0.323 e. The molecule has 0 aliphatic rings. The van der Waals surface area contributed by atoms with Crippen LogP contribution in [0.15, 0.2) is 18.6 Å². The fourth-order valence-corrected chi connectivity index (χ4v) is 2.73. The number of hydrogen-bond donors (Lipinski definition) is 1. The molecule has 0 bridgehead atoms. The first-order chi connectivity index (χ1) is 11.5. The number of carboxylic acids is 1. The Kier molecular flexibility index (Phi) is 4.34. The topological polar surface area (TPSA) is 102 Å². The van der Waals surface area contributed by atoms with Gasteiger partial charge in [0.05, 0.1) is 12.1 Å². The molecule has 0 fully saturated rings. The minimum atomic E-state index is -0.943. The van der Waals surface area contributed by atoms with Crippen molar-refractivity contribution in [2.24, 2.45) is 0 Å². The van der Waals surface area contributed by atoms with Gasteiger partial charge in [0.25, 0.3) is 0 Å². The number of aromatic nitrogens is 6. The Morgan fingerprint density at radius 1 is 1.38 bits per heavy atom. The van der Waals surface area contributed by atoms with Crippen LogP contribution in [-0.4, -0.2) is 47.4 Å². The van der Waals surface area contributed by atoms with E-state index in [-0.39, 0.29) is 11.8 Å². The molecule has 0 spiro atoms. The maximum atomic E-state index is 11.1. The van der Waals surface area contributed by atoms with E-state index in [9.17, 15) is 4.79 Å². The smallest absolute Gasteiger partial charge is 0.323 e. The number of nitrogens with zero attached hydrogens (tertiary/aromatic N) is 7. The number of aryl methyl sites for hydroxylation is 1. The summed E-state index contributed by atoms with van der Waals surface area (Å²) in [4.78, 5) is 21.4. The summed E-state index contributed by atoms with van der Waals surface area (Å²) >= 11 is 6.02.